The summed E-state index contributed by atoms with van der Waals surface area (Å²) in [6.07, 6.45) is 0.924. The molecule has 2 N–H and O–H groups in total. The van der Waals surface area contributed by atoms with Gasteiger partial charge in [0.2, 0.25) is 5.91 Å². The molecule has 1 saturated heterocycles. The summed E-state index contributed by atoms with van der Waals surface area (Å²) >= 11 is 1.65. The van der Waals surface area contributed by atoms with Crippen molar-refractivity contribution in [2.75, 3.05) is 18.4 Å². The molecular weight excluding hydrogens is 246 g/mol. The lowest BCUT2D eigenvalue weighted by Crippen LogP contribution is -2.24. The Labute approximate surface area is 109 Å². The number of aromatic nitrogens is 1. The fraction of sp³-hybridized carbons (Fsp3) is 0.385. The van der Waals surface area contributed by atoms with Crippen molar-refractivity contribution in [3.63, 3.8) is 0 Å². The maximum absolute atomic E-state index is 12.0. The van der Waals surface area contributed by atoms with Crippen molar-refractivity contribution in [2.45, 2.75) is 13.3 Å². The number of fused-ring (bicyclic) bond motifs is 1. The van der Waals surface area contributed by atoms with E-state index < -0.39 is 0 Å². The maximum Gasteiger partial charge on any atom is 0.228 e. The summed E-state index contributed by atoms with van der Waals surface area (Å²) in [4.78, 5) is 16.4. The van der Waals surface area contributed by atoms with E-state index in [2.05, 4.69) is 15.6 Å². The Morgan fingerprint density at radius 2 is 2.44 bits per heavy atom. The highest BCUT2D eigenvalue weighted by molar-refractivity contribution is 7.18. The van der Waals surface area contributed by atoms with Gasteiger partial charge >= 0.3 is 0 Å². The Balaban J connectivity index is 1.79. The van der Waals surface area contributed by atoms with E-state index in [0.717, 1.165) is 40.4 Å². The van der Waals surface area contributed by atoms with Crippen LogP contribution in [-0.4, -0.2) is 24.0 Å². The second-order valence-electron chi connectivity index (χ2n) is 4.59. The predicted molar refractivity (Wildman–Crippen MR) is 74.0 cm³/mol. The molecule has 3 rings (SSSR count). The molecule has 94 valence electrons. The van der Waals surface area contributed by atoms with E-state index in [1.165, 1.54) is 0 Å². The summed E-state index contributed by atoms with van der Waals surface area (Å²) in [5, 5.41) is 7.24. The van der Waals surface area contributed by atoms with Gasteiger partial charge in [-0.05, 0) is 38.1 Å². The van der Waals surface area contributed by atoms with Crippen LogP contribution in [0.3, 0.4) is 0 Å². The molecule has 0 unspecified atom stereocenters. The Hall–Kier alpha value is -1.46. The van der Waals surface area contributed by atoms with E-state index >= 15 is 0 Å². The van der Waals surface area contributed by atoms with Crippen LogP contribution in [0.25, 0.3) is 10.2 Å². The number of thiazole rings is 1. The Kier molecular flexibility index (Phi) is 3.01. The van der Waals surface area contributed by atoms with E-state index in [-0.39, 0.29) is 11.8 Å². The van der Waals surface area contributed by atoms with Gasteiger partial charge in [-0.2, -0.15) is 0 Å². The number of benzene rings is 1. The molecule has 5 heteroatoms. The Morgan fingerprint density at radius 1 is 1.56 bits per heavy atom. The molecule has 0 saturated carbocycles. The molecule has 0 radical (unpaired) electrons. The number of nitrogens with zero attached hydrogens (tertiary/aromatic N) is 1. The van der Waals surface area contributed by atoms with Gasteiger partial charge in [0.25, 0.3) is 0 Å². The predicted octanol–water partition coefficient (Wildman–Crippen LogP) is 2.15. The van der Waals surface area contributed by atoms with Crippen LogP contribution in [-0.2, 0) is 4.79 Å². The monoisotopic (exact) mass is 261 g/mol. The number of nitrogens with one attached hydrogen (secondary N) is 2. The molecule has 1 aliphatic rings. The van der Waals surface area contributed by atoms with Crippen molar-refractivity contribution < 1.29 is 4.79 Å². The van der Waals surface area contributed by atoms with Crippen LogP contribution in [0, 0.1) is 12.8 Å². The number of hydrogen-bond acceptors (Lipinski definition) is 4. The third-order valence-corrected chi connectivity index (χ3v) is 4.13. The molecule has 1 amide bonds. The highest BCUT2D eigenvalue weighted by Gasteiger charge is 2.22. The van der Waals surface area contributed by atoms with Gasteiger partial charge in [0.15, 0.2) is 0 Å². The van der Waals surface area contributed by atoms with E-state index in [0.29, 0.717) is 0 Å². The molecule has 1 fully saturated rings. The van der Waals surface area contributed by atoms with Gasteiger partial charge in [0.05, 0.1) is 21.1 Å². The zero-order valence-electron chi connectivity index (χ0n) is 10.2. The first-order chi connectivity index (χ1) is 8.72. The summed E-state index contributed by atoms with van der Waals surface area (Å²) in [5.41, 5.74) is 1.86. The molecule has 1 aromatic carbocycles. The number of carbonyl (C=O) groups is 1. The summed E-state index contributed by atoms with van der Waals surface area (Å²) in [5.74, 6) is 0.212. The lowest BCUT2D eigenvalue weighted by Gasteiger charge is -2.09. The van der Waals surface area contributed by atoms with Gasteiger partial charge in [0, 0.05) is 12.2 Å². The molecule has 2 heterocycles. The zero-order valence-corrected chi connectivity index (χ0v) is 11.0. The van der Waals surface area contributed by atoms with Crippen molar-refractivity contribution >= 4 is 33.1 Å². The summed E-state index contributed by atoms with van der Waals surface area (Å²) in [6.45, 7) is 3.71. The van der Waals surface area contributed by atoms with Crippen LogP contribution in [0.15, 0.2) is 18.2 Å². The second-order valence-corrected chi connectivity index (χ2v) is 5.83. The fourth-order valence-corrected chi connectivity index (χ4v) is 3.11. The van der Waals surface area contributed by atoms with Crippen molar-refractivity contribution in [3.8, 4) is 0 Å². The minimum atomic E-state index is 0.101. The van der Waals surface area contributed by atoms with Gasteiger partial charge in [-0.1, -0.05) is 0 Å². The molecule has 1 aliphatic heterocycles. The molecule has 0 spiro atoms. The summed E-state index contributed by atoms with van der Waals surface area (Å²) < 4.78 is 1.12. The molecule has 1 aromatic heterocycles. The third kappa shape index (κ3) is 2.23. The second kappa shape index (κ2) is 4.66. The van der Waals surface area contributed by atoms with E-state index in [1.54, 1.807) is 11.3 Å². The van der Waals surface area contributed by atoms with Crippen LogP contribution >= 0.6 is 11.3 Å². The minimum absolute atomic E-state index is 0.101. The summed E-state index contributed by atoms with van der Waals surface area (Å²) in [6, 6.07) is 5.88. The quantitative estimate of drug-likeness (QED) is 0.871. The largest absolute Gasteiger partial charge is 0.326 e. The van der Waals surface area contributed by atoms with Gasteiger partial charge < -0.3 is 10.6 Å². The number of amides is 1. The maximum atomic E-state index is 12.0. The SMILES string of the molecule is Cc1nc2ccc(NC(=O)[C@@H]3CCNC3)cc2s1. The topological polar surface area (TPSA) is 54.0 Å². The van der Waals surface area contributed by atoms with Gasteiger partial charge in [0.1, 0.15) is 0 Å². The van der Waals surface area contributed by atoms with E-state index in [1.807, 2.05) is 25.1 Å². The first-order valence-electron chi connectivity index (χ1n) is 6.11. The highest BCUT2D eigenvalue weighted by atomic mass is 32.1. The molecular formula is C13H15N3OS. The van der Waals surface area contributed by atoms with E-state index in [4.69, 9.17) is 0 Å². The van der Waals surface area contributed by atoms with Gasteiger partial charge in [-0.15, -0.1) is 11.3 Å². The minimum Gasteiger partial charge on any atom is -0.326 e. The van der Waals surface area contributed by atoms with Crippen molar-refractivity contribution in [3.05, 3.63) is 23.2 Å². The molecule has 1 atom stereocenters. The smallest absolute Gasteiger partial charge is 0.228 e. The van der Waals surface area contributed by atoms with Crippen LogP contribution in [0.5, 0.6) is 0 Å². The molecule has 0 bridgehead atoms. The number of aryl methyl sites for hydroxylation is 1. The highest BCUT2D eigenvalue weighted by Crippen LogP contribution is 2.25. The van der Waals surface area contributed by atoms with Crippen LogP contribution < -0.4 is 10.6 Å². The van der Waals surface area contributed by atoms with Crippen molar-refractivity contribution in [1.29, 1.82) is 0 Å². The first kappa shape index (κ1) is 11.6. The Bertz CT molecular complexity index is 587. The average Bonchev–Trinajstić information content (AvgIpc) is 2.95. The Morgan fingerprint density at radius 3 is 3.22 bits per heavy atom. The average molecular weight is 261 g/mol. The lowest BCUT2D eigenvalue weighted by atomic mass is 10.1. The molecule has 18 heavy (non-hydrogen) atoms. The molecule has 0 aliphatic carbocycles. The normalized spacial score (nSPS) is 19.3. The molecule has 2 aromatic rings. The van der Waals surface area contributed by atoms with Crippen LogP contribution in [0.1, 0.15) is 11.4 Å². The first-order valence-corrected chi connectivity index (χ1v) is 6.93. The van der Waals surface area contributed by atoms with Crippen LogP contribution in [0.2, 0.25) is 0 Å². The van der Waals surface area contributed by atoms with Crippen LogP contribution in [0.4, 0.5) is 5.69 Å². The molecule has 4 nitrogen and oxygen atoms in total. The van der Waals surface area contributed by atoms with E-state index in [9.17, 15) is 4.79 Å². The van der Waals surface area contributed by atoms with Gasteiger partial charge in [-0.3, -0.25) is 4.79 Å². The third-order valence-electron chi connectivity index (χ3n) is 3.19. The number of anilines is 1. The number of rotatable bonds is 2. The lowest BCUT2D eigenvalue weighted by molar-refractivity contribution is -0.119. The van der Waals surface area contributed by atoms with Gasteiger partial charge in [-0.25, -0.2) is 4.98 Å². The summed E-state index contributed by atoms with van der Waals surface area (Å²) in [7, 11) is 0. The standard InChI is InChI=1S/C13H15N3OS/c1-8-15-11-3-2-10(6-12(11)18-8)16-13(17)9-4-5-14-7-9/h2-3,6,9,14H,4-5,7H2,1H3,(H,16,17)/t9-/m1/s1. The van der Waals surface area contributed by atoms with Crippen molar-refractivity contribution in [1.82, 2.24) is 10.3 Å². The number of carbonyl (C=O) groups excluding carboxylic acids is 1. The fourth-order valence-electron chi connectivity index (χ4n) is 2.24. The zero-order chi connectivity index (χ0) is 12.5. The number of hydrogen-bond donors (Lipinski definition) is 2. The van der Waals surface area contributed by atoms with Crippen molar-refractivity contribution in [2.24, 2.45) is 5.92 Å².